The molecule has 4 rings (SSSR count). The van der Waals surface area contributed by atoms with Crippen LogP contribution in [0.3, 0.4) is 0 Å². The third kappa shape index (κ3) is 2.51. The number of hydrogen-bond acceptors (Lipinski definition) is 6. The number of rotatable bonds is 2. The van der Waals surface area contributed by atoms with Gasteiger partial charge in [-0.3, -0.25) is 19.3 Å². The zero-order valence-corrected chi connectivity index (χ0v) is 13.7. The summed E-state index contributed by atoms with van der Waals surface area (Å²) < 4.78 is 0.980. The number of likely N-dealkylation sites (tertiary alicyclic amines) is 1. The summed E-state index contributed by atoms with van der Waals surface area (Å²) in [7, 11) is 0. The summed E-state index contributed by atoms with van der Waals surface area (Å²) in [6.07, 6.45) is 0.634. The third-order valence-corrected chi connectivity index (χ3v) is 5.94. The van der Waals surface area contributed by atoms with Gasteiger partial charge in [0.05, 0.1) is 22.0 Å². The van der Waals surface area contributed by atoms with Gasteiger partial charge in [-0.1, -0.05) is 23.9 Å². The predicted octanol–water partition coefficient (Wildman–Crippen LogP) is 2.21. The minimum Gasteiger partial charge on any atom is -0.334 e. The number of amides is 3. The fourth-order valence-electron chi connectivity index (χ4n) is 2.95. The molecule has 8 heteroatoms. The molecule has 3 heterocycles. The Labute approximate surface area is 140 Å². The van der Waals surface area contributed by atoms with Crippen LogP contribution < -0.4 is 0 Å². The maximum atomic E-state index is 12.6. The molecule has 0 saturated carbocycles. The van der Waals surface area contributed by atoms with Crippen molar-refractivity contribution in [3.63, 3.8) is 0 Å². The topological polar surface area (TPSA) is 70.6 Å². The second-order valence-corrected chi connectivity index (χ2v) is 7.46. The van der Waals surface area contributed by atoms with Crippen LogP contribution in [0.25, 0.3) is 10.2 Å². The second-order valence-electron chi connectivity index (χ2n) is 5.50. The van der Waals surface area contributed by atoms with Crippen molar-refractivity contribution >= 4 is 50.4 Å². The smallest absolute Gasteiger partial charge is 0.289 e. The van der Waals surface area contributed by atoms with Crippen LogP contribution in [0.2, 0.25) is 0 Å². The van der Waals surface area contributed by atoms with E-state index < -0.39 is 0 Å². The van der Waals surface area contributed by atoms with E-state index in [1.807, 2.05) is 24.3 Å². The maximum absolute atomic E-state index is 12.6. The molecule has 0 spiro atoms. The summed E-state index contributed by atoms with van der Waals surface area (Å²) in [4.78, 5) is 43.6. The van der Waals surface area contributed by atoms with Crippen LogP contribution in [-0.2, 0) is 4.79 Å². The highest BCUT2D eigenvalue weighted by Crippen LogP contribution is 2.28. The minimum atomic E-state index is -0.205. The van der Waals surface area contributed by atoms with Gasteiger partial charge in [-0.25, -0.2) is 4.98 Å². The van der Waals surface area contributed by atoms with Crippen LogP contribution in [-0.4, -0.2) is 56.7 Å². The van der Waals surface area contributed by atoms with Crippen molar-refractivity contribution in [3.8, 4) is 0 Å². The molecule has 23 heavy (non-hydrogen) atoms. The SMILES string of the molecule is O=C(c1nc2ccccc2s1)N1CCC(N2C(=O)CSC2=O)C1. The third-order valence-electron chi connectivity index (χ3n) is 4.08. The molecular formula is C15H13N3O3S2. The van der Waals surface area contributed by atoms with Crippen molar-refractivity contribution < 1.29 is 14.4 Å². The van der Waals surface area contributed by atoms with Gasteiger partial charge in [0.1, 0.15) is 0 Å². The fourth-order valence-corrected chi connectivity index (χ4v) is 4.66. The molecule has 3 amide bonds. The number of aromatic nitrogens is 1. The molecule has 2 aliphatic heterocycles. The standard InChI is InChI=1S/C15H13N3O3S2/c19-12-8-22-15(21)18(12)9-5-6-17(7-9)14(20)13-16-10-3-1-2-4-11(10)23-13/h1-4,9H,5-8H2. The van der Waals surface area contributed by atoms with E-state index in [2.05, 4.69) is 4.98 Å². The number of carbonyl (C=O) groups is 3. The van der Waals surface area contributed by atoms with Gasteiger partial charge >= 0.3 is 0 Å². The first-order chi connectivity index (χ1) is 11.1. The lowest BCUT2D eigenvalue weighted by Crippen LogP contribution is -2.41. The van der Waals surface area contributed by atoms with Crippen molar-refractivity contribution in [2.75, 3.05) is 18.8 Å². The Hall–Kier alpha value is -1.93. The Morgan fingerprint density at radius 1 is 1.26 bits per heavy atom. The number of nitrogens with zero attached hydrogens (tertiary/aromatic N) is 3. The number of para-hydroxylation sites is 1. The molecule has 0 radical (unpaired) electrons. The van der Waals surface area contributed by atoms with E-state index >= 15 is 0 Å². The van der Waals surface area contributed by atoms with Gasteiger partial charge in [0.25, 0.3) is 11.1 Å². The summed E-state index contributed by atoms with van der Waals surface area (Å²) in [5, 5.41) is 0.259. The van der Waals surface area contributed by atoms with E-state index in [4.69, 9.17) is 0 Å². The van der Waals surface area contributed by atoms with Gasteiger partial charge in [0.2, 0.25) is 5.91 Å². The molecule has 1 atom stereocenters. The van der Waals surface area contributed by atoms with E-state index in [-0.39, 0.29) is 28.8 Å². The summed E-state index contributed by atoms with van der Waals surface area (Å²) in [6.45, 7) is 0.938. The molecule has 118 valence electrons. The highest BCUT2D eigenvalue weighted by molar-refractivity contribution is 8.14. The highest BCUT2D eigenvalue weighted by atomic mass is 32.2. The molecule has 1 aromatic carbocycles. The number of carbonyl (C=O) groups excluding carboxylic acids is 3. The van der Waals surface area contributed by atoms with Crippen molar-refractivity contribution in [2.24, 2.45) is 0 Å². The van der Waals surface area contributed by atoms with Crippen LogP contribution in [0.1, 0.15) is 16.2 Å². The number of thiazole rings is 1. The van der Waals surface area contributed by atoms with E-state index in [9.17, 15) is 14.4 Å². The first kappa shape index (κ1) is 14.6. The van der Waals surface area contributed by atoms with Crippen molar-refractivity contribution in [3.05, 3.63) is 29.3 Å². The van der Waals surface area contributed by atoms with Gasteiger partial charge in [-0.15, -0.1) is 11.3 Å². The van der Waals surface area contributed by atoms with Crippen LogP contribution in [0.4, 0.5) is 4.79 Å². The van der Waals surface area contributed by atoms with Gasteiger partial charge in [-0.2, -0.15) is 0 Å². The molecule has 2 aromatic rings. The summed E-state index contributed by atoms with van der Waals surface area (Å²) >= 11 is 2.41. The Balaban J connectivity index is 1.52. The molecule has 2 aliphatic rings. The lowest BCUT2D eigenvalue weighted by molar-refractivity contribution is -0.126. The lowest BCUT2D eigenvalue weighted by Gasteiger charge is -2.21. The Kier molecular flexibility index (Phi) is 3.57. The van der Waals surface area contributed by atoms with Crippen molar-refractivity contribution in [1.29, 1.82) is 0 Å². The molecule has 0 N–H and O–H groups in total. The lowest BCUT2D eigenvalue weighted by atomic mass is 10.2. The maximum Gasteiger partial charge on any atom is 0.289 e. The van der Waals surface area contributed by atoms with Gasteiger partial charge in [0, 0.05) is 13.1 Å². The fraction of sp³-hybridized carbons (Fsp3) is 0.333. The number of hydrogen-bond donors (Lipinski definition) is 0. The van der Waals surface area contributed by atoms with Crippen LogP contribution in [0.15, 0.2) is 24.3 Å². The molecule has 1 aromatic heterocycles. The molecule has 2 fully saturated rings. The highest BCUT2D eigenvalue weighted by Gasteiger charge is 2.40. The largest absolute Gasteiger partial charge is 0.334 e. The summed E-state index contributed by atoms with van der Waals surface area (Å²) in [5.74, 6) is -0.0686. The zero-order chi connectivity index (χ0) is 16.0. The molecule has 1 unspecified atom stereocenters. The number of imide groups is 1. The van der Waals surface area contributed by atoms with Gasteiger partial charge in [-0.05, 0) is 18.6 Å². The molecule has 6 nitrogen and oxygen atoms in total. The van der Waals surface area contributed by atoms with Crippen LogP contribution in [0.5, 0.6) is 0 Å². The summed E-state index contributed by atoms with van der Waals surface area (Å²) in [5.41, 5.74) is 0.817. The van der Waals surface area contributed by atoms with E-state index in [1.165, 1.54) is 16.2 Å². The number of thioether (sulfide) groups is 1. The molecular weight excluding hydrogens is 334 g/mol. The summed E-state index contributed by atoms with van der Waals surface area (Å²) in [6, 6.07) is 7.43. The van der Waals surface area contributed by atoms with Crippen LogP contribution >= 0.6 is 23.1 Å². The van der Waals surface area contributed by atoms with Gasteiger partial charge in [0.15, 0.2) is 5.01 Å². The number of benzene rings is 1. The van der Waals surface area contributed by atoms with Gasteiger partial charge < -0.3 is 4.90 Å². The first-order valence-electron chi connectivity index (χ1n) is 7.27. The first-order valence-corrected chi connectivity index (χ1v) is 9.07. The monoisotopic (exact) mass is 347 g/mol. The van der Waals surface area contributed by atoms with Crippen molar-refractivity contribution in [1.82, 2.24) is 14.8 Å². The van der Waals surface area contributed by atoms with E-state index in [0.717, 1.165) is 22.0 Å². The minimum absolute atomic E-state index is 0.125. The Morgan fingerprint density at radius 2 is 2.09 bits per heavy atom. The van der Waals surface area contributed by atoms with Crippen LogP contribution in [0, 0.1) is 0 Å². The van der Waals surface area contributed by atoms with E-state index in [1.54, 1.807) is 4.90 Å². The zero-order valence-electron chi connectivity index (χ0n) is 12.1. The average molecular weight is 347 g/mol. The number of fused-ring (bicyclic) bond motifs is 1. The quantitative estimate of drug-likeness (QED) is 0.833. The Morgan fingerprint density at radius 3 is 2.83 bits per heavy atom. The van der Waals surface area contributed by atoms with Crippen molar-refractivity contribution in [2.45, 2.75) is 12.5 Å². The Bertz CT molecular complexity index is 770. The van der Waals surface area contributed by atoms with E-state index in [0.29, 0.717) is 24.5 Å². The average Bonchev–Trinajstić information content (AvgIpc) is 3.25. The molecule has 2 saturated heterocycles. The molecule has 0 aliphatic carbocycles. The normalized spacial score (nSPS) is 21.7. The molecule has 0 bridgehead atoms. The predicted molar refractivity (Wildman–Crippen MR) is 88.6 cm³/mol. The second kappa shape index (κ2) is 5.61.